The summed E-state index contributed by atoms with van der Waals surface area (Å²) in [5, 5.41) is 3.44. The standard InChI is InChI=1S/C14H20BrN3/c1-4-16-10(3)8-14-17-12-9-11(15)6-7-13(12)18(14)5-2/h6-7,9-10,16H,4-5,8H2,1-3H3. The molecule has 0 bridgehead atoms. The molecule has 0 radical (unpaired) electrons. The van der Waals surface area contributed by atoms with Gasteiger partial charge in [0.1, 0.15) is 5.82 Å². The highest BCUT2D eigenvalue weighted by molar-refractivity contribution is 9.10. The van der Waals surface area contributed by atoms with Gasteiger partial charge in [0.05, 0.1) is 11.0 Å². The molecule has 4 heteroatoms. The van der Waals surface area contributed by atoms with Gasteiger partial charge in [0, 0.05) is 23.5 Å². The van der Waals surface area contributed by atoms with Crippen LogP contribution >= 0.6 is 15.9 Å². The molecule has 1 atom stereocenters. The summed E-state index contributed by atoms with van der Waals surface area (Å²) in [5.41, 5.74) is 2.30. The number of nitrogens with zero attached hydrogens (tertiary/aromatic N) is 2. The lowest BCUT2D eigenvalue weighted by molar-refractivity contribution is 0.538. The largest absolute Gasteiger partial charge is 0.328 e. The molecule has 0 saturated carbocycles. The third kappa shape index (κ3) is 2.75. The van der Waals surface area contributed by atoms with E-state index in [-0.39, 0.29) is 0 Å². The lowest BCUT2D eigenvalue weighted by Gasteiger charge is -2.12. The maximum Gasteiger partial charge on any atom is 0.111 e. The van der Waals surface area contributed by atoms with E-state index in [1.807, 2.05) is 0 Å². The number of nitrogens with one attached hydrogen (secondary N) is 1. The Morgan fingerprint density at radius 1 is 1.39 bits per heavy atom. The molecule has 0 aliphatic rings. The fourth-order valence-electron chi connectivity index (χ4n) is 2.36. The smallest absolute Gasteiger partial charge is 0.111 e. The first kappa shape index (κ1) is 13.6. The van der Waals surface area contributed by atoms with Crippen LogP contribution in [-0.2, 0) is 13.0 Å². The van der Waals surface area contributed by atoms with Crippen molar-refractivity contribution in [2.24, 2.45) is 0 Å². The quantitative estimate of drug-likeness (QED) is 0.918. The summed E-state index contributed by atoms with van der Waals surface area (Å²) in [6.45, 7) is 8.48. The van der Waals surface area contributed by atoms with E-state index >= 15 is 0 Å². The first-order valence-corrected chi connectivity index (χ1v) is 7.33. The Bertz CT molecular complexity index is 533. The molecule has 1 N–H and O–H groups in total. The van der Waals surface area contributed by atoms with Crippen LogP contribution in [0.15, 0.2) is 22.7 Å². The molecule has 0 fully saturated rings. The van der Waals surface area contributed by atoms with Crippen molar-refractivity contribution in [2.75, 3.05) is 6.54 Å². The van der Waals surface area contributed by atoms with Gasteiger partial charge in [-0.3, -0.25) is 0 Å². The van der Waals surface area contributed by atoms with E-state index in [0.717, 1.165) is 29.5 Å². The average molecular weight is 310 g/mol. The van der Waals surface area contributed by atoms with Crippen LogP contribution in [0.4, 0.5) is 0 Å². The Labute approximate surface area is 117 Å². The van der Waals surface area contributed by atoms with Crippen molar-refractivity contribution in [3.8, 4) is 0 Å². The molecular weight excluding hydrogens is 290 g/mol. The molecule has 3 nitrogen and oxygen atoms in total. The monoisotopic (exact) mass is 309 g/mol. The van der Waals surface area contributed by atoms with Crippen molar-refractivity contribution < 1.29 is 0 Å². The lowest BCUT2D eigenvalue weighted by atomic mass is 10.2. The van der Waals surface area contributed by atoms with Gasteiger partial charge in [0.2, 0.25) is 0 Å². The van der Waals surface area contributed by atoms with Gasteiger partial charge in [0.15, 0.2) is 0 Å². The van der Waals surface area contributed by atoms with Crippen LogP contribution in [0.3, 0.4) is 0 Å². The zero-order chi connectivity index (χ0) is 13.1. The fraction of sp³-hybridized carbons (Fsp3) is 0.500. The van der Waals surface area contributed by atoms with Crippen LogP contribution in [0.1, 0.15) is 26.6 Å². The van der Waals surface area contributed by atoms with Gasteiger partial charge in [-0.15, -0.1) is 0 Å². The summed E-state index contributed by atoms with van der Waals surface area (Å²) in [6.07, 6.45) is 0.966. The molecule has 18 heavy (non-hydrogen) atoms. The van der Waals surface area contributed by atoms with Gasteiger partial charge < -0.3 is 9.88 Å². The van der Waals surface area contributed by atoms with E-state index in [1.54, 1.807) is 0 Å². The molecule has 2 rings (SSSR count). The molecule has 2 aromatic rings. The lowest BCUT2D eigenvalue weighted by Crippen LogP contribution is -2.28. The van der Waals surface area contributed by atoms with Gasteiger partial charge in [-0.1, -0.05) is 22.9 Å². The van der Waals surface area contributed by atoms with E-state index in [2.05, 4.69) is 64.8 Å². The van der Waals surface area contributed by atoms with Gasteiger partial charge >= 0.3 is 0 Å². The highest BCUT2D eigenvalue weighted by Crippen LogP contribution is 2.21. The van der Waals surface area contributed by atoms with E-state index in [0.29, 0.717) is 6.04 Å². The second-order valence-corrected chi connectivity index (χ2v) is 5.48. The molecule has 0 spiro atoms. The minimum atomic E-state index is 0.459. The minimum Gasteiger partial charge on any atom is -0.328 e. The van der Waals surface area contributed by atoms with Gasteiger partial charge in [-0.2, -0.15) is 0 Å². The molecule has 98 valence electrons. The maximum atomic E-state index is 4.76. The highest BCUT2D eigenvalue weighted by Gasteiger charge is 2.12. The summed E-state index contributed by atoms with van der Waals surface area (Å²) in [5.74, 6) is 1.17. The average Bonchev–Trinajstić information content (AvgIpc) is 2.65. The first-order valence-electron chi connectivity index (χ1n) is 6.53. The van der Waals surface area contributed by atoms with Crippen molar-refractivity contribution in [2.45, 2.75) is 39.8 Å². The molecule has 1 aromatic heterocycles. The Kier molecular flexibility index (Phi) is 4.40. The van der Waals surface area contributed by atoms with Gasteiger partial charge in [-0.05, 0) is 38.6 Å². The number of fused-ring (bicyclic) bond motifs is 1. The summed E-state index contributed by atoms with van der Waals surface area (Å²) < 4.78 is 3.39. The number of aromatic nitrogens is 2. The zero-order valence-corrected chi connectivity index (χ0v) is 12.8. The number of rotatable bonds is 5. The number of halogens is 1. The SMILES string of the molecule is CCNC(C)Cc1nc2cc(Br)ccc2n1CC. The van der Waals surface area contributed by atoms with Crippen LogP contribution in [0.2, 0.25) is 0 Å². The summed E-state index contributed by atoms with van der Waals surface area (Å²) in [7, 11) is 0. The number of hydrogen-bond donors (Lipinski definition) is 1. The Morgan fingerprint density at radius 2 is 2.17 bits per heavy atom. The third-order valence-corrected chi connectivity index (χ3v) is 3.64. The number of hydrogen-bond acceptors (Lipinski definition) is 2. The third-order valence-electron chi connectivity index (χ3n) is 3.15. The zero-order valence-electron chi connectivity index (χ0n) is 11.2. The molecule has 0 amide bonds. The van der Waals surface area contributed by atoms with Crippen LogP contribution in [0.5, 0.6) is 0 Å². The topological polar surface area (TPSA) is 29.9 Å². The summed E-state index contributed by atoms with van der Waals surface area (Å²) >= 11 is 3.50. The van der Waals surface area contributed by atoms with Crippen molar-refractivity contribution >= 4 is 27.0 Å². The normalized spacial score (nSPS) is 13.1. The van der Waals surface area contributed by atoms with Crippen molar-refractivity contribution in [1.29, 1.82) is 0 Å². The van der Waals surface area contributed by atoms with Crippen molar-refractivity contribution in [3.05, 3.63) is 28.5 Å². The molecule has 0 saturated heterocycles. The molecule has 0 aliphatic heterocycles. The van der Waals surface area contributed by atoms with Crippen molar-refractivity contribution in [1.82, 2.24) is 14.9 Å². The molecule has 1 unspecified atom stereocenters. The van der Waals surface area contributed by atoms with Gasteiger partial charge in [0.25, 0.3) is 0 Å². The summed E-state index contributed by atoms with van der Waals surface area (Å²) in [4.78, 5) is 4.76. The van der Waals surface area contributed by atoms with Crippen molar-refractivity contribution in [3.63, 3.8) is 0 Å². The Morgan fingerprint density at radius 3 is 2.83 bits per heavy atom. The molecule has 0 aliphatic carbocycles. The van der Waals surface area contributed by atoms with E-state index in [9.17, 15) is 0 Å². The van der Waals surface area contributed by atoms with Gasteiger partial charge in [-0.25, -0.2) is 4.98 Å². The van der Waals surface area contributed by atoms with Crippen LogP contribution in [-0.4, -0.2) is 22.1 Å². The number of imidazole rings is 1. The number of aryl methyl sites for hydroxylation is 1. The van der Waals surface area contributed by atoms with E-state index in [1.165, 1.54) is 11.3 Å². The first-order chi connectivity index (χ1) is 8.65. The fourth-order valence-corrected chi connectivity index (χ4v) is 2.71. The molecular formula is C14H20BrN3. The predicted molar refractivity (Wildman–Crippen MR) is 79.9 cm³/mol. The molecule has 1 heterocycles. The number of benzene rings is 1. The highest BCUT2D eigenvalue weighted by atomic mass is 79.9. The Hall–Kier alpha value is -0.870. The molecule has 1 aromatic carbocycles. The van der Waals surface area contributed by atoms with Crippen LogP contribution in [0.25, 0.3) is 11.0 Å². The summed E-state index contributed by atoms with van der Waals surface area (Å²) in [6, 6.07) is 6.76. The maximum absolute atomic E-state index is 4.76. The van der Waals surface area contributed by atoms with E-state index < -0.39 is 0 Å². The minimum absolute atomic E-state index is 0.459. The van der Waals surface area contributed by atoms with Crippen LogP contribution in [0, 0.1) is 0 Å². The predicted octanol–water partition coefficient (Wildman–Crippen LogP) is 3.36. The van der Waals surface area contributed by atoms with Crippen LogP contribution < -0.4 is 5.32 Å². The second-order valence-electron chi connectivity index (χ2n) is 4.57. The second kappa shape index (κ2) is 5.85. The number of likely N-dealkylation sites (N-methyl/N-ethyl adjacent to an activating group) is 1. The van der Waals surface area contributed by atoms with E-state index in [4.69, 9.17) is 4.98 Å². The Balaban J connectivity index is 2.37.